The third-order valence-corrected chi connectivity index (χ3v) is 8.71. The monoisotopic (exact) mass is 304 g/mol. The molecule has 6 unspecified atom stereocenters. The SMILES string of the molecule is CC1CC2C3CCC(=O)C3(C)CCC2[C@@]2(C)CC[C@H](O)CC12. The first kappa shape index (κ1) is 15.2. The number of carbonyl (C=O) groups excluding carboxylic acids is 1. The van der Waals surface area contributed by atoms with Crippen molar-refractivity contribution in [3.63, 3.8) is 0 Å². The van der Waals surface area contributed by atoms with E-state index in [0.717, 1.165) is 43.9 Å². The maximum Gasteiger partial charge on any atom is 0.139 e. The summed E-state index contributed by atoms with van der Waals surface area (Å²) in [4.78, 5) is 12.5. The lowest BCUT2D eigenvalue weighted by Crippen LogP contribution is -2.56. The van der Waals surface area contributed by atoms with Crippen molar-refractivity contribution in [2.45, 2.75) is 78.2 Å². The molecule has 2 heteroatoms. The van der Waals surface area contributed by atoms with Gasteiger partial charge < -0.3 is 5.11 Å². The highest BCUT2D eigenvalue weighted by atomic mass is 16.3. The lowest BCUT2D eigenvalue weighted by Gasteiger charge is -2.62. The molecule has 0 spiro atoms. The molecule has 22 heavy (non-hydrogen) atoms. The van der Waals surface area contributed by atoms with E-state index in [9.17, 15) is 9.90 Å². The van der Waals surface area contributed by atoms with Gasteiger partial charge in [-0.15, -0.1) is 0 Å². The van der Waals surface area contributed by atoms with Crippen molar-refractivity contribution in [1.29, 1.82) is 0 Å². The van der Waals surface area contributed by atoms with Crippen molar-refractivity contribution in [3.05, 3.63) is 0 Å². The van der Waals surface area contributed by atoms with E-state index in [4.69, 9.17) is 0 Å². The number of aliphatic hydroxyl groups is 1. The van der Waals surface area contributed by atoms with Gasteiger partial charge in [-0.05, 0) is 80.0 Å². The van der Waals surface area contributed by atoms with Gasteiger partial charge in [-0.3, -0.25) is 4.79 Å². The molecule has 0 saturated heterocycles. The normalized spacial score (nSPS) is 57.9. The van der Waals surface area contributed by atoms with E-state index in [-0.39, 0.29) is 11.5 Å². The summed E-state index contributed by atoms with van der Waals surface area (Å²) in [5.41, 5.74) is 0.410. The standard InChI is InChI=1S/C20H32O2/c1-12-10-14-15-4-5-18(22)20(15,3)9-7-16(14)19(2)8-6-13(21)11-17(12)19/h12-17,21H,4-11H2,1-3H3/t12?,13-,14?,15?,16?,17?,19+,20?/m0/s1. The van der Waals surface area contributed by atoms with E-state index >= 15 is 0 Å². The van der Waals surface area contributed by atoms with Crippen molar-refractivity contribution in [2.75, 3.05) is 0 Å². The number of rotatable bonds is 0. The molecule has 4 aliphatic carbocycles. The summed E-state index contributed by atoms with van der Waals surface area (Å²) < 4.78 is 0. The summed E-state index contributed by atoms with van der Waals surface area (Å²) >= 11 is 0. The van der Waals surface area contributed by atoms with Crippen LogP contribution in [0.25, 0.3) is 0 Å². The van der Waals surface area contributed by atoms with Crippen LogP contribution in [-0.4, -0.2) is 17.0 Å². The average molecular weight is 304 g/mol. The quantitative estimate of drug-likeness (QED) is 0.728. The Morgan fingerprint density at radius 3 is 2.55 bits per heavy atom. The molecule has 2 nitrogen and oxygen atoms in total. The molecule has 4 saturated carbocycles. The number of aliphatic hydroxyl groups excluding tert-OH is 1. The molecule has 4 aliphatic rings. The van der Waals surface area contributed by atoms with Gasteiger partial charge in [0.15, 0.2) is 0 Å². The zero-order chi connectivity index (χ0) is 15.7. The summed E-state index contributed by atoms with van der Waals surface area (Å²) in [6.07, 6.45) is 8.78. The number of carbonyl (C=O) groups is 1. The van der Waals surface area contributed by atoms with E-state index in [2.05, 4.69) is 20.8 Å². The van der Waals surface area contributed by atoms with E-state index < -0.39 is 0 Å². The molecule has 0 aromatic carbocycles. The van der Waals surface area contributed by atoms with Crippen LogP contribution in [-0.2, 0) is 4.79 Å². The lowest BCUT2D eigenvalue weighted by atomic mass is 9.43. The Bertz CT molecular complexity index is 486. The van der Waals surface area contributed by atoms with Crippen LogP contribution in [0, 0.1) is 40.4 Å². The van der Waals surface area contributed by atoms with Crippen LogP contribution in [0.4, 0.5) is 0 Å². The lowest BCUT2D eigenvalue weighted by molar-refractivity contribution is -0.152. The maximum absolute atomic E-state index is 12.5. The second kappa shape index (κ2) is 4.82. The zero-order valence-electron chi connectivity index (χ0n) is 14.5. The molecular weight excluding hydrogens is 272 g/mol. The van der Waals surface area contributed by atoms with Gasteiger partial charge in [0.25, 0.3) is 0 Å². The van der Waals surface area contributed by atoms with Gasteiger partial charge in [0.05, 0.1) is 6.10 Å². The van der Waals surface area contributed by atoms with Crippen molar-refractivity contribution in [1.82, 2.24) is 0 Å². The summed E-state index contributed by atoms with van der Waals surface area (Å²) in [5, 5.41) is 10.2. The fraction of sp³-hybridized carbons (Fsp3) is 0.950. The predicted octanol–water partition coefficient (Wildman–Crippen LogP) is 4.21. The topological polar surface area (TPSA) is 37.3 Å². The van der Waals surface area contributed by atoms with Crippen LogP contribution in [0.15, 0.2) is 0 Å². The van der Waals surface area contributed by atoms with Crippen molar-refractivity contribution < 1.29 is 9.90 Å². The van der Waals surface area contributed by atoms with Crippen LogP contribution < -0.4 is 0 Å². The largest absolute Gasteiger partial charge is 0.393 e. The fourth-order valence-corrected chi connectivity index (χ4v) is 7.49. The van der Waals surface area contributed by atoms with Crippen LogP contribution in [0.5, 0.6) is 0 Å². The van der Waals surface area contributed by atoms with Gasteiger partial charge in [0.1, 0.15) is 5.78 Å². The van der Waals surface area contributed by atoms with E-state index in [1.165, 1.54) is 19.3 Å². The molecule has 0 amide bonds. The highest BCUT2D eigenvalue weighted by molar-refractivity contribution is 5.87. The molecule has 0 bridgehead atoms. The highest BCUT2D eigenvalue weighted by Crippen LogP contribution is 2.66. The Morgan fingerprint density at radius 1 is 1.00 bits per heavy atom. The Morgan fingerprint density at radius 2 is 1.77 bits per heavy atom. The Kier molecular flexibility index (Phi) is 3.32. The minimum Gasteiger partial charge on any atom is -0.393 e. The predicted molar refractivity (Wildman–Crippen MR) is 87.3 cm³/mol. The zero-order valence-corrected chi connectivity index (χ0v) is 14.5. The third kappa shape index (κ3) is 1.85. The van der Waals surface area contributed by atoms with Gasteiger partial charge >= 0.3 is 0 Å². The van der Waals surface area contributed by atoms with Crippen molar-refractivity contribution in [2.24, 2.45) is 40.4 Å². The molecule has 1 N–H and O–H groups in total. The molecule has 0 aromatic rings. The molecule has 4 rings (SSSR count). The van der Waals surface area contributed by atoms with Gasteiger partial charge in [0.2, 0.25) is 0 Å². The van der Waals surface area contributed by atoms with Crippen molar-refractivity contribution >= 4 is 5.78 Å². The number of ketones is 1. The number of hydrogen-bond donors (Lipinski definition) is 1. The third-order valence-electron chi connectivity index (χ3n) is 8.71. The Hall–Kier alpha value is -0.370. The summed E-state index contributed by atoms with van der Waals surface area (Å²) in [6.45, 7) is 7.21. The first-order valence-corrected chi connectivity index (χ1v) is 9.57. The summed E-state index contributed by atoms with van der Waals surface area (Å²) in [5.74, 6) is 4.15. The second-order valence-corrected chi connectivity index (χ2v) is 9.55. The van der Waals surface area contributed by atoms with Crippen LogP contribution in [0.2, 0.25) is 0 Å². The molecule has 0 aromatic heterocycles. The summed E-state index contributed by atoms with van der Waals surface area (Å²) in [7, 11) is 0. The minimum absolute atomic E-state index is 0.00172. The first-order valence-electron chi connectivity index (χ1n) is 9.57. The van der Waals surface area contributed by atoms with E-state index in [1.807, 2.05) is 0 Å². The van der Waals surface area contributed by atoms with Gasteiger partial charge in [-0.1, -0.05) is 20.8 Å². The van der Waals surface area contributed by atoms with E-state index in [1.54, 1.807) is 0 Å². The molecule has 4 fully saturated rings. The van der Waals surface area contributed by atoms with Crippen LogP contribution in [0.3, 0.4) is 0 Å². The molecule has 124 valence electrons. The molecule has 0 heterocycles. The van der Waals surface area contributed by atoms with Crippen molar-refractivity contribution in [3.8, 4) is 0 Å². The number of Topliss-reactive ketones (excluding diaryl/α,β-unsaturated/α-hetero) is 1. The van der Waals surface area contributed by atoms with Gasteiger partial charge in [0, 0.05) is 11.8 Å². The van der Waals surface area contributed by atoms with Gasteiger partial charge in [-0.2, -0.15) is 0 Å². The van der Waals surface area contributed by atoms with Crippen LogP contribution in [0.1, 0.15) is 72.1 Å². The Labute approximate surface area is 135 Å². The summed E-state index contributed by atoms with van der Waals surface area (Å²) in [6, 6.07) is 0. The van der Waals surface area contributed by atoms with Gasteiger partial charge in [-0.25, -0.2) is 0 Å². The Balaban J connectivity index is 1.68. The second-order valence-electron chi connectivity index (χ2n) is 9.55. The number of hydrogen-bond acceptors (Lipinski definition) is 2. The highest BCUT2D eigenvalue weighted by Gasteiger charge is 2.61. The fourth-order valence-electron chi connectivity index (χ4n) is 7.49. The number of fused-ring (bicyclic) bond motifs is 5. The molecule has 8 atom stereocenters. The average Bonchev–Trinajstić information content (AvgIpc) is 2.77. The molecule has 0 aliphatic heterocycles. The first-order chi connectivity index (χ1) is 10.4. The van der Waals surface area contributed by atoms with Crippen LogP contribution >= 0.6 is 0 Å². The minimum atomic E-state index is -0.0704. The van der Waals surface area contributed by atoms with E-state index in [0.29, 0.717) is 29.0 Å². The smallest absolute Gasteiger partial charge is 0.139 e. The molecule has 0 radical (unpaired) electrons. The molecular formula is C20H32O2. The maximum atomic E-state index is 12.5.